The second kappa shape index (κ2) is 8.28. The van der Waals surface area contributed by atoms with Crippen molar-refractivity contribution in [2.45, 2.75) is 32.9 Å². The van der Waals surface area contributed by atoms with Gasteiger partial charge < -0.3 is 15.1 Å². The van der Waals surface area contributed by atoms with E-state index < -0.39 is 0 Å². The predicted molar refractivity (Wildman–Crippen MR) is 85.0 cm³/mol. The average Bonchev–Trinajstić information content (AvgIpc) is 3.16. The zero-order valence-corrected chi connectivity index (χ0v) is 13.6. The lowest BCUT2D eigenvalue weighted by molar-refractivity contribution is -0.126. The first kappa shape index (κ1) is 16.9. The molecule has 9 heteroatoms. The van der Waals surface area contributed by atoms with E-state index in [1.807, 2.05) is 6.92 Å². The van der Waals surface area contributed by atoms with Gasteiger partial charge in [-0.3, -0.25) is 19.3 Å². The van der Waals surface area contributed by atoms with Crippen LogP contribution >= 0.6 is 12.2 Å². The summed E-state index contributed by atoms with van der Waals surface area (Å²) < 4.78 is 7.13. The van der Waals surface area contributed by atoms with E-state index >= 15 is 0 Å². The highest BCUT2D eigenvalue weighted by molar-refractivity contribution is 7.71. The largest absolute Gasteiger partial charge is 0.467 e. The summed E-state index contributed by atoms with van der Waals surface area (Å²) in [5, 5.41) is 12.0. The molecule has 0 aliphatic carbocycles. The van der Waals surface area contributed by atoms with Gasteiger partial charge in [0.1, 0.15) is 18.1 Å². The average molecular weight is 337 g/mol. The number of aryl methyl sites for hydroxylation is 1. The van der Waals surface area contributed by atoms with Gasteiger partial charge in [0, 0.05) is 6.42 Å². The van der Waals surface area contributed by atoms with Gasteiger partial charge in [-0.2, -0.15) is 5.10 Å². The molecule has 0 aliphatic rings. The van der Waals surface area contributed by atoms with E-state index in [1.54, 1.807) is 16.7 Å². The van der Waals surface area contributed by atoms with E-state index in [1.165, 1.54) is 6.26 Å². The topological polar surface area (TPSA) is 105 Å². The smallest absolute Gasteiger partial charge is 0.240 e. The maximum absolute atomic E-state index is 11.9. The lowest BCUT2D eigenvalue weighted by atomic mass is 10.3. The van der Waals surface area contributed by atoms with Gasteiger partial charge >= 0.3 is 0 Å². The minimum atomic E-state index is -0.298. The Morgan fingerprint density at radius 1 is 1.39 bits per heavy atom. The van der Waals surface area contributed by atoms with Crippen LogP contribution in [0.25, 0.3) is 0 Å². The number of carbonyl (C=O) groups is 2. The third-order valence-corrected chi connectivity index (χ3v) is 3.41. The van der Waals surface area contributed by atoms with Gasteiger partial charge in [0.2, 0.25) is 11.8 Å². The number of aromatic amines is 1. The maximum Gasteiger partial charge on any atom is 0.240 e. The Labute approximate surface area is 138 Å². The molecule has 2 aromatic heterocycles. The quantitative estimate of drug-likeness (QED) is 0.621. The van der Waals surface area contributed by atoms with Gasteiger partial charge in [-0.25, -0.2) is 0 Å². The van der Waals surface area contributed by atoms with Crippen LogP contribution in [0.15, 0.2) is 22.8 Å². The molecule has 0 spiro atoms. The number of amides is 2. The summed E-state index contributed by atoms with van der Waals surface area (Å²) in [5.74, 6) is 0.792. The summed E-state index contributed by atoms with van der Waals surface area (Å²) in [7, 11) is 0. The highest BCUT2D eigenvalue weighted by Crippen LogP contribution is 2.01. The highest BCUT2D eigenvalue weighted by Gasteiger charge is 2.11. The molecular weight excluding hydrogens is 318 g/mol. The molecule has 0 fully saturated rings. The minimum absolute atomic E-state index is 0.0378. The number of nitrogens with zero attached hydrogens (tertiary/aromatic N) is 2. The van der Waals surface area contributed by atoms with Crippen LogP contribution in [-0.2, 0) is 29.1 Å². The molecule has 2 heterocycles. The standard InChI is InChI=1S/C14H19N5O3S/c1-2-4-11-17-18-14(23)19(11)9-13(21)16-8-12(20)15-7-10-5-3-6-22-10/h3,5-6H,2,4,7-9H2,1H3,(H,15,20)(H,16,21)(H,18,23). The molecule has 0 bridgehead atoms. The normalized spacial score (nSPS) is 10.5. The van der Waals surface area contributed by atoms with E-state index in [9.17, 15) is 9.59 Å². The molecule has 3 N–H and O–H groups in total. The fraction of sp³-hybridized carbons (Fsp3) is 0.429. The molecule has 0 aromatic carbocycles. The van der Waals surface area contributed by atoms with Gasteiger partial charge in [-0.15, -0.1) is 0 Å². The molecule has 2 rings (SSSR count). The Morgan fingerprint density at radius 2 is 2.22 bits per heavy atom. The van der Waals surface area contributed by atoms with Crippen molar-refractivity contribution in [1.29, 1.82) is 0 Å². The zero-order valence-electron chi connectivity index (χ0n) is 12.8. The van der Waals surface area contributed by atoms with Crippen molar-refractivity contribution >= 4 is 24.0 Å². The SMILES string of the molecule is CCCc1n[nH]c(=S)n1CC(=O)NCC(=O)NCc1ccco1. The molecule has 0 saturated carbocycles. The Hall–Kier alpha value is -2.42. The van der Waals surface area contributed by atoms with Crippen molar-refractivity contribution in [1.82, 2.24) is 25.4 Å². The van der Waals surface area contributed by atoms with Crippen molar-refractivity contribution in [3.63, 3.8) is 0 Å². The van der Waals surface area contributed by atoms with Crippen molar-refractivity contribution in [2.24, 2.45) is 0 Å². The second-order valence-electron chi connectivity index (χ2n) is 4.91. The number of hydrogen-bond donors (Lipinski definition) is 3. The number of furan rings is 1. The molecule has 2 aromatic rings. The van der Waals surface area contributed by atoms with Gasteiger partial charge in [-0.1, -0.05) is 6.92 Å². The summed E-state index contributed by atoms with van der Waals surface area (Å²) in [4.78, 5) is 23.6. The molecule has 2 amide bonds. The van der Waals surface area contributed by atoms with Crippen LogP contribution < -0.4 is 10.6 Å². The second-order valence-corrected chi connectivity index (χ2v) is 5.30. The number of rotatable bonds is 8. The van der Waals surface area contributed by atoms with Gasteiger partial charge in [0.25, 0.3) is 0 Å². The van der Waals surface area contributed by atoms with Gasteiger partial charge in [0.15, 0.2) is 4.77 Å². The lowest BCUT2D eigenvalue weighted by Crippen LogP contribution is -2.38. The lowest BCUT2D eigenvalue weighted by Gasteiger charge is -2.08. The van der Waals surface area contributed by atoms with Crippen molar-refractivity contribution in [2.75, 3.05) is 6.54 Å². The third kappa shape index (κ3) is 5.06. The number of H-pyrrole nitrogens is 1. The van der Waals surface area contributed by atoms with Crippen LogP contribution in [-0.4, -0.2) is 33.1 Å². The number of aromatic nitrogens is 3. The first-order chi connectivity index (χ1) is 11.1. The van der Waals surface area contributed by atoms with E-state index in [0.29, 0.717) is 10.5 Å². The first-order valence-electron chi connectivity index (χ1n) is 7.30. The van der Waals surface area contributed by atoms with Gasteiger partial charge in [-0.05, 0) is 30.8 Å². The summed E-state index contributed by atoms with van der Waals surface area (Å²) in [5.41, 5.74) is 0. The van der Waals surface area contributed by atoms with Crippen LogP contribution in [0.1, 0.15) is 24.9 Å². The van der Waals surface area contributed by atoms with Crippen molar-refractivity contribution in [3.8, 4) is 0 Å². The summed E-state index contributed by atoms with van der Waals surface area (Å²) in [6.45, 7) is 2.24. The maximum atomic E-state index is 11.9. The molecule has 0 radical (unpaired) electrons. The summed E-state index contributed by atoms with van der Waals surface area (Å²) >= 11 is 5.10. The van der Waals surface area contributed by atoms with E-state index in [2.05, 4.69) is 20.8 Å². The van der Waals surface area contributed by atoms with E-state index in [0.717, 1.165) is 18.7 Å². The van der Waals surface area contributed by atoms with Crippen LogP contribution in [0, 0.1) is 4.77 Å². The van der Waals surface area contributed by atoms with E-state index in [-0.39, 0.29) is 31.4 Å². The van der Waals surface area contributed by atoms with Crippen LogP contribution in [0.2, 0.25) is 0 Å². The molecule has 23 heavy (non-hydrogen) atoms. The van der Waals surface area contributed by atoms with Crippen LogP contribution in [0.4, 0.5) is 0 Å². The minimum Gasteiger partial charge on any atom is -0.467 e. The third-order valence-electron chi connectivity index (χ3n) is 3.10. The Balaban J connectivity index is 1.77. The molecule has 8 nitrogen and oxygen atoms in total. The van der Waals surface area contributed by atoms with Crippen LogP contribution in [0.5, 0.6) is 0 Å². The fourth-order valence-corrected chi connectivity index (χ4v) is 2.18. The van der Waals surface area contributed by atoms with Crippen molar-refractivity contribution in [3.05, 3.63) is 34.8 Å². The number of carbonyl (C=O) groups excluding carboxylic acids is 2. The molecule has 0 unspecified atom stereocenters. The molecular formula is C14H19N5O3S. The predicted octanol–water partition coefficient (Wildman–Crippen LogP) is 0.919. The Bertz CT molecular complexity index is 704. The van der Waals surface area contributed by atoms with Crippen molar-refractivity contribution < 1.29 is 14.0 Å². The molecule has 0 aliphatic heterocycles. The summed E-state index contributed by atoms with van der Waals surface area (Å²) in [6.07, 6.45) is 3.16. The Kier molecular flexibility index (Phi) is 6.10. The fourth-order valence-electron chi connectivity index (χ4n) is 1.97. The van der Waals surface area contributed by atoms with Crippen LogP contribution in [0.3, 0.4) is 0 Å². The van der Waals surface area contributed by atoms with Gasteiger partial charge in [0.05, 0.1) is 19.4 Å². The number of hydrogen-bond acceptors (Lipinski definition) is 5. The first-order valence-corrected chi connectivity index (χ1v) is 7.70. The molecule has 124 valence electrons. The molecule has 0 saturated heterocycles. The Morgan fingerprint density at radius 3 is 2.91 bits per heavy atom. The highest BCUT2D eigenvalue weighted by atomic mass is 32.1. The van der Waals surface area contributed by atoms with E-state index in [4.69, 9.17) is 16.6 Å². The zero-order chi connectivity index (χ0) is 16.7. The monoisotopic (exact) mass is 337 g/mol. The summed E-state index contributed by atoms with van der Waals surface area (Å²) in [6, 6.07) is 3.50. The number of nitrogens with one attached hydrogen (secondary N) is 3. The molecule has 0 atom stereocenters.